The van der Waals surface area contributed by atoms with E-state index in [1.54, 1.807) is 0 Å². The van der Waals surface area contributed by atoms with E-state index in [1.807, 2.05) is 24.0 Å². The number of carbonyl (C=O) groups excluding carboxylic acids is 1. The van der Waals surface area contributed by atoms with E-state index >= 15 is 0 Å². The first-order chi connectivity index (χ1) is 8.99. The minimum Gasteiger partial charge on any atom is -0.310 e. The van der Waals surface area contributed by atoms with Crippen LogP contribution in [0.4, 0.5) is 5.69 Å². The van der Waals surface area contributed by atoms with Crippen LogP contribution in [0.25, 0.3) is 0 Å². The topological polar surface area (TPSA) is 32.3 Å². The third kappa shape index (κ3) is 3.37. The van der Waals surface area contributed by atoms with Crippen molar-refractivity contribution in [3.63, 3.8) is 0 Å². The van der Waals surface area contributed by atoms with E-state index < -0.39 is 0 Å². The first kappa shape index (κ1) is 14.5. The van der Waals surface area contributed by atoms with E-state index in [4.69, 9.17) is 0 Å². The number of nitrogens with zero attached hydrogens (tertiary/aromatic N) is 1. The fourth-order valence-corrected chi connectivity index (χ4v) is 2.96. The Morgan fingerprint density at radius 3 is 2.84 bits per heavy atom. The van der Waals surface area contributed by atoms with Gasteiger partial charge in [-0.25, -0.2) is 0 Å². The van der Waals surface area contributed by atoms with Crippen LogP contribution in [0.2, 0.25) is 0 Å². The third-order valence-electron chi connectivity index (χ3n) is 3.37. The maximum Gasteiger partial charge on any atom is 0.244 e. The minimum absolute atomic E-state index is 0.0545. The second kappa shape index (κ2) is 6.06. The van der Waals surface area contributed by atoms with Crippen LogP contribution in [-0.2, 0) is 4.79 Å². The zero-order chi connectivity index (χ0) is 14.0. The van der Waals surface area contributed by atoms with Crippen molar-refractivity contribution in [1.82, 2.24) is 5.32 Å². The molecule has 3 nitrogen and oxygen atoms in total. The molecule has 1 aliphatic rings. The molecule has 104 valence electrons. The second-order valence-electron chi connectivity index (χ2n) is 5.46. The van der Waals surface area contributed by atoms with Gasteiger partial charge in [-0.1, -0.05) is 19.9 Å². The van der Waals surface area contributed by atoms with Gasteiger partial charge < -0.3 is 10.2 Å². The summed E-state index contributed by atoms with van der Waals surface area (Å²) in [7, 11) is 0. The number of benzene rings is 1. The molecular formula is C15H21BrN2O. The molecular weight excluding hydrogens is 304 g/mol. The van der Waals surface area contributed by atoms with Crippen LogP contribution in [-0.4, -0.2) is 24.5 Å². The Labute approximate surface area is 123 Å². The Hall–Kier alpha value is -0.870. The van der Waals surface area contributed by atoms with E-state index in [9.17, 15) is 4.79 Å². The Morgan fingerprint density at radius 1 is 1.42 bits per heavy atom. The monoisotopic (exact) mass is 324 g/mol. The van der Waals surface area contributed by atoms with Gasteiger partial charge in [-0.05, 0) is 53.4 Å². The van der Waals surface area contributed by atoms with Gasteiger partial charge in [-0.2, -0.15) is 0 Å². The van der Waals surface area contributed by atoms with E-state index in [1.165, 1.54) is 5.56 Å². The number of piperidine rings is 1. The molecule has 0 radical (unpaired) electrons. The Balaban J connectivity index is 2.24. The van der Waals surface area contributed by atoms with Crippen LogP contribution >= 0.6 is 15.9 Å². The fourth-order valence-electron chi connectivity index (χ4n) is 2.50. The van der Waals surface area contributed by atoms with Gasteiger partial charge in [0.05, 0.1) is 11.7 Å². The molecule has 19 heavy (non-hydrogen) atoms. The molecule has 1 saturated heterocycles. The first-order valence-corrected chi connectivity index (χ1v) is 7.62. The number of carbonyl (C=O) groups is 1. The summed E-state index contributed by atoms with van der Waals surface area (Å²) in [4.78, 5) is 14.5. The maximum absolute atomic E-state index is 12.6. The number of nitrogens with one attached hydrogen (secondary N) is 1. The summed E-state index contributed by atoms with van der Waals surface area (Å²) in [6, 6.07) is 6.40. The quantitative estimate of drug-likeness (QED) is 0.925. The van der Waals surface area contributed by atoms with Crippen molar-refractivity contribution in [3.8, 4) is 0 Å². The average Bonchev–Trinajstić information content (AvgIpc) is 2.35. The zero-order valence-corrected chi connectivity index (χ0v) is 13.3. The second-order valence-corrected chi connectivity index (χ2v) is 6.32. The summed E-state index contributed by atoms with van der Waals surface area (Å²) < 4.78 is 0.983. The van der Waals surface area contributed by atoms with Gasteiger partial charge >= 0.3 is 0 Å². The molecule has 1 aliphatic heterocycles. The number of aryl methyl sites for hydroxylation is 1. The van der Waals surface area contributed by atoms with Gasteiger partial charge in [0, 0.05) is 17.1 Å². The normalized spacial score (nSPS) is 20.2. The molecule has 0 saturated carbocycles. The van der Waals surface area contributed by atoms with Gasteiger partial charge in [0.1, 0.15) is 0 Å². The van der Waals surface area contributed by atoms with Crippen molar-refractivity contribution in [2.75, 3.05) is 11.4 Å². The summed E-state index contributed by atoms with van der Waals surface area (Å²) in [5.74, 6) is 0.186. The largest absolute Gasteiger partial charge is 0.310 e. The molecule has 4 heteroatoms. The van der Waals surface area contributed by atoms with Crippen LogP contribution in [0, 0.1) is 6.92 Å². The van der Waals surface area contributed by atoms with Crippen molar-refractivity contribution < 1.29 is 4.79 Å². The van der Waals surface area contributed by atoms with Crippen LogP contribution in [0.5, 0.6) is 0 Å². The summed E-state index contributed by atoms with van der Waals surface area (Å²) in [6.07, 6.45) is 1.97. The molecule has 1 aromatic rings. The highest BCUT2D eigenvalue weighted by molar-refractivity contribution is 9.10. The number of anilines is 1. The lowest BCUT2D eigenvalue weighted by atomic mass is 10.0. The minimum atomic E-state index is -0.0545. The molecule has 0 aliphatic carbocycles. The lowest BCUT2D eigenvalue weighted by Gasteiger charge is -2.34. The predicted molar refractivity (Wildman–Crippen MR) is 82.5 cm³/mol. The molecule has 0 bridgehead atoms. The Bertz CT molecular complexity index is 473. The molecule has 1 amide bonds. The molecule has 2 rings (SSSR count). The summed E-state index contributed by atoms with van der Waals surface area (Å²) in [5, 5.41) is 3.36. The number of amides is 1. The molecule has 0 aromatic heterocycles. The molecule has 1 N–H and O–H groups in total. The number of hydrogen-bond acceptors (Lipinski definition) is 2. The van der Waals surface area contributed by atoms with Gasteiger partial charge in [0.25, 0.3) is 0 Å². The lowest BCUT2D eigenvalue weighted by molar-refractivity contribution is -0.121. The molecule has 1 heterocycles. The molecule has 1 fully saturated rings. The van der Waals surface area contributed by atoms with Gasteiger partial charge in [-0.3, -0.25) is 4.79 Å². The Morgan fingerprint density at radius 2 is 2.16 bits per heavy atom. The SMILES string of the molecule is Cc1ccc(Br)c(N2CCCC(NC(C)C)C2=O)c1. The van der Waals surface area contributed by atoms with E-state index in [0.717, 1.165) is 29.5 Å². The smallest absolute Gasteiger partial charge is 0.244 e. The van der Waals surface area contributed by atoms with Crippen molar-refractivity contribution in [2.45, 2.75) is 45.7 Å². The summed E-state index contributed by atoms with van der Waals surface area (Å²) in [5.41, 5.74) is 2.16. The van der Waals surface area contributed by atoms with E-state index in [2.05, 4.69) is 41.2 Å². The van der Waals surface area contributed by atoms with Crippen molar-refractivity contribution in [3.05, 3.63) is 28.2 Å². The van der Waals surface area contributed by atoms with E-state index in [-0.39, 0.29) is 11.9 Å². The third-order valence-corrected chi connectivity index (χ3v) is 4.04. The van der Waals surface area contributed by atoms with Crippen LogP contribution in [0.15, 0.2) is 22.7 Å². The highest BCUT2D eigenvalue weighted by atomic mass is 79.9. The predicted octanol–water partition coefficient (Wildman–Crippen LogP) is 3.25. The number of hydrogen-bond donors (Lipinski definition) is 1. The maximum atomic E-state index is 12.6. The first-order valence-electron chi connectivity index (χ1n) is 6.82. The lowest BCUT2D eigenvalue weighted by Crippen LogP contribution is -2.52. The number of halogens is 1. The van der Waals surface area contributed by atoms with Crippen LogP contribution < -0.4 is 10.2 Å². The van der Waals surface area contributed by atoms with Crippen molar-refractivity contribution >= 4 is 27.5 Å². The summed E-state index contributed by atoms with van der Waals surface area (Å²) in [6.45, 7) is 7.01. The Kier molecular flexibility index (Phi) is 4.63. The average molecular weight is 325 g/mol. The molecule has 0 spiro atoms. The summed E-state index contributed by atoms with van der Waals surface area (Å²) >= 11 is 3.55. The van der Waals surface area contributed by atoms with Gasteiger partial charge in [0.15, 0.2) is 0 Å². The van der Waals surface area contributed by atoms with Crippen LogP contribution in [0.1, 0.15) is 32.3 Å². The zero-order valence-electron chi connectivity index (χ0n) is 11.7. The molecule has 1 aromatic carbocycles. The van der Waals surface area contributed by atoms with E-state index in [0.29, 0.717) is 6.04 Å². The van der Waals surface area contributed by atoms with Crippen molar-refractivity contribution in [1.29, 1.82) is 0 Å². The molecule has 1 atom stereocenters. The highest BCUT2D eigenvalue weighted by Crippen LogP contribution is 2.30. The van der Waals surface area contributed by atoms with Crippen LogP contribution in [0.3, 0.4) is 0 Å². The van der Waals surface area contributed by atoms with Gasteiger partial charge in [-0.15, -0.1) is 0 Å². The van der Waals surface area contributed by atoms with Crippen molar-refractivity contribution in [2.24, 2.45) is 0 Å². The fraction of sp³-hybridized carbons (Fsp3) is 0.533. The number of rotatable bonds is 3. The highest BCUT2D eigenvalue weighted by Gasteiger charge is 2.30. The standard InChI is InChI=1S/C15H21BrN2O/c1-10(2)17-13-5-4-8-18(15(13)19)14-9-11(3)6-7-12(14)16/h6-7,9-10,13,17H,4-5,8H2,1-3H3. The van der Waals surface area contributed by atoms with Gasteiger partial charge in [0.2, 0.25) is 5.91 Å². The molecule has 1 unspecified atom stereocenters.